The molecular weight excluding hydrogens is 266 g/mol. The summed E-state index contributed by atoms with van der Waals surface area (Å²) in [6, 6.07) is 5.65. The Hall–Kier alpha value is -1.27. The first kappa shape index (κ1) is 14.1. The van der Waals surface area contributed by atoms with Gasteiger partial charge in [0.05, 0.1) is 18.6 Å². The Morgan fingerprint density at radius 3 is 2.79 bits per heavy atom. The normalized spacial score (nSPS) is 21.3. The van der Waals surface area contributed by atoms with Crippen LogP contribution in [0.2, 0.25) is 0 Å². The van der Waals surface area contributed by atoms with Crippen LogP contribution in [0.25, 0.3) is 0 Å². The van der Waals surface area contributed by atoms with Crippen LogP contribution in [0.15, 0.2) is 18.2 Å². The maximum absolute atomic E-state index is 11.5. The van der Waals surface area contributed by atoms with Gasteiger partial charge in [-0.3, -0.25) is 0 Å². The molecule has 1 N–H and O–H groups in total. The molecule has 1 saturated heterocycles. The zero-order valence-corrected chi connectivity index (χ0v) is 12.0. The number of hydrogen-bond acceptors (Lipinski definition) is 5. The fraction of sp³-hybridized carbons (Fsp3) is 0.538. The van der Waals surface area contributed by atoms with Crippen molar-refractivity contribution in [3.05, 3.63) is 23.8 Å². The molecule has 1 fully saturated rings. The lowest BCUT2D eigenvalue weighted by molar-refractivity contribution is 0.215. The van der Waals surface area contributed by atoms with Crippen LogP contribution < -0.4 is 14.8 Å². The molecule has 0 amide bonds. The Morgan fingerprint density at radius 2 is 2.21 bits per heavy atom. The number of nitrogens with one attached hydrogen (secondary N) is 1. The summed E-state index contributed by atoms with van der Waals surface area (Å²) in [5.74, 6) is 1.57. The van der Waals surface area contributed by atoms with Gasteiger partial charge >= 0.3 is 0 Å². The molecule has 0 saturated carbocycles. The Kier molecular flexibility index (Phi) is 4.31. The van der Waals surface area contributed by atoms with Crippen LogP contribution in [0.5, 0.6) is 11.5 Å². The maximum atomic E-state index is 11.5. The van der Waals surface area contributed by atoms with Crippen LogP contribution in [0.4, 0.5) is 0 Å². The number of ether oxygens (including phenoxy) is 2. The second-order valence-corrected chi connectivity index (χ2v) is 6.85. The number of rotatable bonds is 5. The Bertz CT molecular complexity index is 542. The molecule has 0 aromatic heterocycles. The van der Waals surface area contributed by atoms with Crippen molar-refractivity contribution in [1.29, 1.82) is 0 Å². The monoisotopic (exact) mass is 285 g/mol. The topological polar surface area (TPSA) is 64.6 Å². The zero-order chi connectivity index (χ0) is 13.9. The SMILES string of the molecule is CNCc1cccc(OC)c1OC1CCS(=O)(=O)C1. The smallest absolute Gasteiger partial charge is 0.166 e. The largest absolute Gasteiger partial charge is 0.493 e. The lowest BCUT2D eigenvalue weighted by Crippen LogP contribution is -2.19. The lowest BCUT2D eigenvalue weighted by atomic mass is 10.1. The van der Waals surface area contributed by atoms with Crippen LogP contribution in [-0.2, 0) is 16.4 Å². The van der Waals surface area contributed by atoms with Crippen LogP contribution >= 0.6 is 0 Å². The molecule has 5 nitrogen and oxygen atoms in total. The molecular formula is C13H19NO4S. The third-order valence-electron chi connectivity index (χ3n) is 3.12. The Balaban J connectivity index is 2.23. The number of hydrogen-bond donors (Lipinski definition) is 1. The second-order valence-electron chi connectivity index (χ2n) is 4.62. The highest BCUT2D eigenvalue weighted by molar-refractivity contribution is 7.91. The molecule has 2 rings (SSSR count). The average Bonchev–Trinajstić information content (AvgIpc) is 2.71. The number of para-hydroxylation sites is 1. The summed E-state index contributed by atoms with van der Waals surface area (Å²) >= 11 is 0. The number of sulfone groups is 1. The molecule has 1 aromatic rings. The average molecular weight is 285 g/mol. The molecule has 1 unspecified atom stereocenters. The summed E-state index contributed by atoms with van der Waals surface area (Å²) in [6.45, 7) is 0.645. The maximum Gasteiger partial charge on any atom is 0.166 e. The predicted octanol–water partition coefficient (Wildman–Crippen LogP) is 0.981. The van der Waals surface area contributed by atoms with Gasteiger partial charge in [0.25, 0.3) is 0 Å². The standard InChI is InChI=1S/C13H19NO4S/c1-14-8-10-4-3-5-12(17-2)13(10)18-11-6-7-19(15,16)9-11/h3-5,11,14H,6-9H2,1-2H3. The molecule has 1 aliphatic heterocycles. The predicted molar refractivity (Wildman–Crippen MR) is 73.4 cm³/mol. The van der Waals surface area contributed by atoms with E-state index in [1.165, 1.54) is 0 Å². The third kappa shape index (κ3) is 3.39. The second kappa shape index (κ2) is 5.79. The highest BCUT2D eigenvalue weighted by Gasteiger charge is 2.30. The molecule has 106 valence electrons. The van der Waals surface area contributed by atoms with E-state index in [9.17, 15) is 8.42 Å². The van der Waals surface area contributed by atoms with E-state index < -0.39 is 9.84 Å². The summed E-state index contributed by atoms with van der Waals surface area (Å²) in [5.41, 5.74) is 0.964. The van der Waals surface area contributed by atoms with Crippen molar-refractivity contribution in [3.63, 3.8) is 0 Å². The van der Waals surface area contributed by atoms with E-state index in [-0.39, 0.29) is 17.6 Å². The molecule has 1 atom stereocenters. The first-order chi connectivity index (χ1) is 9.05. The van der Waals surface area contributed by atoms with E-state index in [4.69, 9.17) is 9.47 Å². The molecule has 0 spiro atoms. The van der Waals surface area contributed by atoms with Gasteiger partial charge in [0.2, 0.25) is 0 Å². The van der Waals surface area contributed by atoms with Crippen molar-refractivity contribution < 1.29 is 17.9 Å². The lowest BCUT2D eigenvalue weighted by Gasteiger charge is -2.18. The molecule has 1 aliphatic rings. The molecule has 0 bridgehead atoms. The van der Waals surface area contributed by atoms with E-state index in [2.05, 4.69) is 5.32 Å². The molecule has 19 heavy (non-hydrogen) atoms. The van der Waals surface area contributed by atoms with Crippen LogP contribution in [0.3, 0.4) is 0 Å². The molecule has 6 heteroatoms. The van der Waals surface area contributed by atoms with Gasteiger partial charge in [-0.2, -0.15) is 0 Å². The van der Waals surface area contributed by atoms with Crippen molar-refractivity contribution >= 4 is 9.84 Å². The first-order valence-corrected chi connectivity index (χ1v) is 8.05. The van der Waals surface area contributed by atoms with Crippen LogP contribution in [0.1, 0.15) is 12.0 Å². The summed E-state index contributed by atoms with van der Waals surface area (Å²) < 4.78 is 34.1. The minimum atomic E-state index is -2.94. The minimum Gasteiger partial charge on any atom is -0.493 e. The highest BCUT2D eigenvalue weighted by atomic mass is 32.2. The van der Waals surface area contributed by atoms with Crippen LogP contribution in [0, 0.1) is 0 Å². The molecule has 0 aliphatic carbocycles. The minimum absolute atomic E-state index is 0.0873. The third-order valence-corrected chi connectivity index (χ3v) is 4.86. The molecule has 0 radical (unpaired) electrons. The van der Waals surface area contributed by atoms with Crippen molar-refractivity contribution in [2.24, 2.45) is 0 Å². The summed E-state index contributed by atoms with van der Waals surface area (Å²) in [6.07, 6.45) is 0.260. The van der Waals surface area contributed by atoms with Crippen molar-refractivity contribution in [2.75, 3.05) is 25.7 Å². The molecule has 1 aromatic carbocycles. The van der Waals surface area contributed by atoms with Gasteiger partial charge in [0, 0.05) is 12.1 Å². The fourth-order valence-corrected chi connectivity index (χ4v) is 3.80. The van der Waals surface area contributed by atoms with E-state index in [0.717, 1.165) is 5.56 Å². The highest BCUT2D eigenvalue weighted by Crippen LogP contribution is 2.33. The number of methoxy groups -OCH3 is 1. The van der Waals surface area contributed by atoms with Gasteiger partial charge in [-0.15, -0.1) is 0 Å². The van der Waals surface area contributed by atoms with Crippen LogP contribution in [-0.4, -0.2) is 40.2 Å². The van der Waals surface area contributed by atoms with Crippen molar-refractivity contribution in [2.45, 2.75) is 19.1 Å². The van der Waals surface area contributed by atoms with Crippen molar-refractivity contribution in [1.82, 2.24) is 5.32 Å². The summed E-state index contributed by atoms with van der Waals surface area (Å²) in [4.78, 5) is 0. The Labute approximate surface area is 113 Å². The van der Waals surface area contributed by atoms with E-state index in [1.54, 1.807) is 7.11 Å². The van der Waals surface area contributed by atoms with Gasteiger partial charge in [0.1, 0.15) is 6.10 Å². The zero-order valence-electron chi connectivity index (χ0n) is 11.2. The van der Waals surface area contributed by atoms with Gasteiger partial charge in [-0.05, 0) is 19.5 Å². The van der Waals surface area contributed by atoms with Gasteiger partial charge < -0.3 is 14.8 Å². The Morgan fingerprint density at radius 1 is 1.42 bits per heavy atom. The van der Waals surface area contributed by atoms with Gasteiger partial charge in [-0.1, -0.05) is 12.1 Å². The van der Waals surface area contributed by atoms with E-state index in [1.807, 2.05) is 25.2 Å². The van der Waals surface area contributed by atoms with Gasteiger partial charge in [-0.25, -0.2) is 8.42 Å². The summed E-state index contributed by atoms with van der Waals surface area (Å²) in [5, 5.41) is 3.06. The van der Waals surface area contributed by atoms with Crippen molar-refractivity contribution in [3.8, 4) is 11.5 Å². The van der Waals surface area contributed by atoms with Gasteiger partial charge in [0.15, 0.2) is 21.3 Å². The molecule has 1 heterocycles. The van der Waals surface area contributed by atoms with E-state index >= 15 is 0 Å². The first-order valence-electron chi connectivity index (χ1n) is 6.23. The van der Waals surface area contributed by atoms with E-state index in [0.29, 0.717) is 24.5 Å². The fourth-order valence-electron chi connectivity index (χ4n) is 2.21. The summed E-state index contributed by atoms with van der Waals surface area (Å²) in [7, 11) is 0.489. The number of benzene rings is 1. The quantitative estimate of drug-likeness (QED) is 0.873.